The molecule has 1 saturated heterocycles. The van der Waals surface area contributed by atoms with Crippen molar-refractivity contribution >= 4 is 34.8 Å². The van der Waals surface area contributed by atoms with E-state index in [-0.39, 0.29) is 18.2 Å². The molecule has 2 aromatic carbocycles. The van der Waals surface area contributed by atoms with E-state index in [9.17, 15) is 9.59 Å². The summed E-state index contributed by atoms with van der Waals surface area (Å²) >= 11 is 5.86. The summed E-state index contributed by atoms with van der Waals surface area (Å²) in [5.74, 6) is -0.825. The highest BCUT2D eigenvalue weighted by molar-refractivity contribution is 6.30. The van der Waals surface area contributed by atoms with Crippen LogP contribution in [0.5, 0.6) is 0 Å². The van der Waals surface area contributed by atoms with Gasteiger partial charge >= 0.3 is 0 Å². The summed E-state index contributed by atoms with van der Waals surface area (Å²) in [7, 11) is 0. The fourth-order valence-corrected chi connectivity index (χ4v) is 2.80. The molecule has 0 aliphatic carbocycles. The van der Waals surface area contributed by atoms with Gasteiger partial charge in [0.15, 0.2) is 0 Å². The molecule has 2 amide bonds. The van der Waals surface area contributed by atoms with E-state index in [0.717, 1.165) is 5.69 Å². The summed E-state index contributed by atoms with van der Waals surface area (Å²) in [5.41, 5.74) is 1.57. The number of rotatable bonds is 3. The van der Waals surface area contributed by atoms with Gasteiger partial charge in [0.2, 0.25) is 11.8 Å². The molecule has 0 saturated carbocycles. The summed E-state index contributed by atoms with van der Waals surface area (Å²) in [4.78, 5) is 26.2. The zero-order valence-electron chi connectivity index (χ0n) is 12.7. The van der Waals surface area contributed by atoms with Crippen molar-refractivity contribution in [3.05, 3.63) is 59.1 Å². The molecule has 1 aliphatic rings. The van der Waals surface area contributed by atoms with Crippen LogP contribution in [-0.2, 0) is 9.59 Å². The van der Waals surface area contributed by atoms with Crippen molar-refractivity contribution in [2.45, 2.75) is 6.42 Å². The van der Waals surface area contributed by atoms with E-state index in [1.165, 1.54) is 0 Å². The van der Waals surface area contributed by atoms with Crippen molar-refractivity contribution in [3.8, 4) is 6.07 Å². The Morgan fingerprint density at radius 3 is 2.62 bits per heavy atom. The lowest BCUT2D eigenvalue weighted by Gasteiger charge is -2.17. The van der Waals surface area contributed by atoms with Crippen LogP contribution in [0.1, 0.15) is 12.0 Å². The number of carbonyl (C=O) groups excluding carboxylic acids is 2. The monoisotopic (exact) mass is 339 g/mol. The minimum absolute atomic E-state index is 0.106. The van der Waals surface area contributed by atoms with E-state index in [4.69, 9.17) is 16.9 Å². The van der Waals surface area contributed by atoms with Gasteiger partial charge in [-0.15, -0.1) is 0 Å². The minimum Gasteiger partial charge on any atom is -0.325 e. The molecule has 1 N–H and O–H groups in total. The van der Waals surface area contributed by atoms with Gasteiger partial charge in [-0.1, -0.05) is 23.7 Å². The smallest absolute Gasteiger partial charge is 0.229 e. The first kappa shape index (κ1) is 16.0. The Morgan fingerprint density at radius 2 is 1.92 bits per heavy atom. The molecule has 1 fully saturated rings. The van der Waals surface area contributed by atoms with Crippen LogP contribution in [-0.4, -0.2) is 18.4 Å². The zero-order chi connectivity index (χ0) is 17.1. The molecule has 5 nitrogen and oxygen atoms in total. The lowest BCUT2D eigenvalue weighted by Crippen LogP contribution is -2.28. The fraction of sp³-hybridized carbons (Fsp3) is 0.167. The minimum atomic E-state index is -0.458. The number of nitriles is 1. The van der Waals surface area contributed by atoms with Gasteiger partial charge in [-0.3, -0.25) is 9.59 Å². The average molecular weight is 340 g/mol. The van der Waals surface area contributed by atoms with Gasteiger partial charge in [0.25, 0.3) is 0 Å². The third kappa shape index (κ3) is 3.24. The van der Waals surface area contributed by atoms with Crippen LogP contribution in [0, 0.1) is 17.2 Å². The molecule has 0 aromatic heterocycles. The van der Waals surface area contributed by atoms with Crippen LogP contribution in [0.3, 0.4) is 0 Å². The van der Waals surface area contributed by atoms with Crippen LogP contribution in [0.4, 0.5) is 11.4 Å². The van der Waals surface area contributed by atoms with Crippen molar-refractivity contribution in [2.75, 3.05) is 16.8 Å². The average Bonchev–Trinajstić information content (AvgIpc) is 2.98. The summed E-state index contributed by atoms with van der Waals surface area (Å²) in [6.45, 7) is 0.307. The van der Waals surface area contributed by atoms with Gasteiger partial charge < -0.3 is 10.2 Å². The standard InChI is InChI=1S/C18H14ClN3O2/c19-14-5-7-15(8-6-14)22-11-13(9-17(22)23)18(24)21-16-4-2-1-3-12(16)10-20/h1-8,13H,9,11H2,(H,21,24)/t13-/m0/s1. The molecule has 1 heterocycles. The third-order valence-electron chi connectivity index (χ3n) is 3.94. The third-order valence-corrected chi connectivity index (χ3v) is 4.19. The molecule has 3 rings (SSSR count). The van der Waals surface area contributed by atoms with Gasteiger partial charge in [-0.2, -0.15) is 5.26 Å². The van der Waals surface area contributed by atoms with Crippen molar-refractivity contribution in [2.24, 2.45) is 5.92 Å². The molecule has 120 valence electrons. The zero-order valence-corrected chi connectivity index (χ0v) is 13.5. The fourth-order valence-electron chi connectivity index (χ4n) is 2.68. The van der Waals surface area contributed by atoms with E-state index < -0.39 is 5.92 Å². The maximum Gasteiger partial charge on any atom is 0.229 e. The summed E-state index contributed by atoms with van der Waals surface area (Å²) < 4.78 is 0. The highest BCUT2D eigenvalue weighted by atomic mass is 35.5. The Hall–Kier alpha value is -2.84. The molecule has 0 bridgehead atoms. The van der Waals surface area contributed by atoms with Crippen LogP contribution >= 0.6 is 11.6 Å². The molecule has 0 spiro atoms. The lowest BCUT2D eigenvalue weighted by molar-refractivity contribution is -0.122. The maximum absolute atomic E-state index is 12.4. The number of hydrogen-bond donors (Lipinski definition) is 1. The predicted molar refractivity (Wildman–Crippen MR) is 91.7 cm³/mol. The number of carbonyl (C=O) groups is 2. The molecule has 2 aromatic rings. The summed E-state index contributed by atoms with van der Waals surface area (Å²) in [5, 5.41) is 12.4. The molecular formula is C18H14ClN3O2. The first-order chi connectivity index (χ1) is 11.6. The second-order valence-electron chi connectivity index (χ2n) is 5.53. The second kappa shape index (κ2) is 6.73. The summed E-state index contributed by atoms with van der Waals surface area (Å²) in [6.07, 6.45) is 0.142. The van der Waals surface area contributed by atoms with Crippen molar-refractivity contribution in [1.29, 1.82) is 5.26 Å². The number of halogens is 1. The van der Waals surface area contributed by atoms with E-state index >= 15 is 0 Å². The van der Waals surface area contributed by atoms with Crippen molar-refractivity contribution in [1.82, 2.24) is 0 Å². The SMILES string of the molecule is N#Cc1ccccc1NC(=O)[C@H]1CC(=O)N(c2ccc(Cl)cc2)C1. The Balaban J connectivity index is 1.72. The number of hydrogen-bond acceptors (Lipinski definition) is 3. The topological polar surface area (TPSA) is 73.2 Å². The van der Waals surface area contributed by atoms with E-state index in [1.807, 2.05) is 6.07 Å². The number of nitrogens with zero attached hydrogens (tertiary/aromatic N) is 2. The highest BCUT2D eigenvalue weighted by Gasteiger charge is 2.35. The number of nitrogens with one attached hydrogen (secondary N) is 1. The van der Waals surface area contributed by atoms with Gasteiger partial charge in [0.05, 0.1) is 17.2 Å². The number of benzene rings is 2. The van der Waals surface area contributed by atoms with Gasteiger partial charge in [0, 0.05) is 23.7 Å². The lowest BCUT2D eigenvalue weighted by atomic mass is 10.1. The Bertz CT molecular complexity index is 827. The number of anilines is 2. The van der Waals surface area contributed by atoms with Crippen molar-refractivity contribution < 1.29 is 9.59 Å². The van der Waals surface area contributed by atoms with E-state index in [1.54, 1.807) is 53.4 Å². The second-order valence-corrected chi connectivity index (χ2v) is 5.96. The van der Waals surface area contributed by atoms with Gasteiger partial charge in [-0.05, 0) is 36.4 Å². The van der Waals surface area contributed by atoms with Crippen LogP contribution in [0.15, 0.2) is 48.5 Å². The first-order valence-electron chi connectivity index (χ1n) is 7.44. The highest BCUT2D eigenvalue weighted by Crippen LogP contribution is 2.27. The quantitative estimate of drug-likeness (QED) is 0.933. The molecule has 1 atom stereocenters. The van der Waals surface area contributed by atoms with Crippen LogP contribution in [0.2, 0.25) is 5.02 Å². The van der Waals surface area contributed by atoms with Crippen LogP contribution in [0.25, 0.3) is 0 Å². The van der Waals surface area contributed by atoms with Gasteiger partial charge in [-0.25, -0.2) is 0 Å². The molecule has 6 heteroatoms. The first-order valence-corrected chi connectivity index (χ1v) is 7.82. The van der Waals surface area contributed by atoms with Crippen molar-refractivity contribution in [3.63, 3.8) is 0 Å². The molecule has 24 heavy (non-hydrogen) atoms. The maximum atomic E-state index is 12.4. The summed E-state index contributed by atoms with van der Waals surface area (Å²) in [6, 6.07) is 15.7. The molecule has 0 unspecified atom stereocenters. The number of amides is 2. The molecular weight excluding hydrogens is 326 g/mol. The largest absolute Gasteiger partial charge is 0.325 e. The Morgan fingerprint density at radius 1 is 1.21 bits per heavy atom. The molecule has 0 radical (unpaired) electrons. The Kier molecular flexibility index (Phi) is 4.50. The van der Waals surface area contributed by atoms with E-state index in [2.05, 4.69) is 5.32 Å². The van der Waals surface area contributed by atoms with Crippen LogP contribution < -0.4 is 10.2 Å². The molecule has 1 aliphatic heterocycles. The van der Waals surface area contributed by atoms with E-state index in [0.29, 0.717) is 22.8 Å². The Labute approximate surface area is 144 Å². The predicted octanol–water partition coefficient (Wildman–Crippen LogP) is 3.20. The number of para-hydroxylation sites is 1. The van der Waals surface area contributed by atoms with Gasteiger partial charge in [0.1, 0.15) is 6.07 Å². The normalized spacial score (nSPS) is 16.8.